The molecule has 0 aliphatic heterocycles. The fourth-order valence-electron chi connectivity index (χ4n) is 3.37. The molecule has 1 aromatic carbocycles. The lowest BCUT2D eigenvalue weighted by molar-refractivity contribution is 0.331. The van der Waals surface area contributed by atoms with E-state index in [9.17, 15) is 9.59 Å². The minimum Gasteiger partial charge on any atom is -0.247 e. The van der Waals surface area contributed by atoms with Crippen molar-refractivity contribution in [3.8, 4) is 0 Å². The highest BCUT2D eigenvalue weighted by Crippen LogP contribution is 2.27. The number of hydrogen-bond acceptors (Lipinski definition) is 4. The van der Waals surface area contributed by atoms with E-state index in [1.807, 2.05) is 25.1 Å². The fraction of sp³-hybridized carbons (Fsp3) is 0.438. The zero-order valence-corrected chi connectivity index (χ0v) is 13.2. The van der Waals surface area contributed by atoms with Crippen molar-refractivity contribution in [1.82, 2.24) is 14.0 Å². The molecule has 0 N–H and O–H groups in total. The summed E-state index contributed by atoms with van der Waals surface area (Å²) >= 11 is 1.40. The predicted octanol–water partition coefficient (Wildman–Crippen LogP) is 2.88. The summed E-state index contributed by atoms with van der Waals surface area (Å²) in [7, 11) is 0. The number of nitrogens with zero attached hydrogens (tertiary/aromatic N) is 3. The van der Waals surface area contributed by atoms with E-state index in [2.05, 4.69) is 4.98 Å². The van der Waals surface area contributed by atoms with Crippen LogP contribution in [0, 0.1) is 6.92 Å². The molecule has 0 amide bonds. The van der Waals surface area contributed by atoms with E-state index in [0.717, 1.165) is 41.5 Å². The van der Waals surface area contributed by atoms with Crippen LogP contribution in [0.25, 0.3) is 15.2 Å². The standard InChI is InChI=1S/C16H17N3O2S/c1-10-7-8-12-13(9-10)22-15-17-14(20)18(16(21)19(12)15)11-5-3-2-4-6-11/h7-9,11H,2-6H2,1H3. The van der Waals surface area contributed by atoms with Gasteiger partial charge in [-0.1, -0.05) is 36.7 Å². The molecule has 22 heavy (non-hydrogen) atoms. The maximum atomic E-state index is 12.9. The number of benzene rings is 1. The summed E-state index contributed by atoms with van der Waals surface area (Å²) in [5, 5.41) is 0. The molecule has 6 heteroatoms. The molecule has 1 aliphatic carbocycles. The Balaban J connectivity index is 2.04. The topological polar surface area (TPSA) is 56.4 Å². The summed E-state index contributed by atoms with van der Waals surface area (Å²) in [5.74, 6) is 0. The van der Waals surface area contributed by atoms with Crippen molar-refractivity contribution in [1.29, 1.82) is 0 Å². The number of aromatic nitrogens is 3. The largest absolute Gasteiger partial charge is 0.354 e. The van der Waals surface area contributed by atoms with Gasteiger partial charge in [-0.25, -0.2) is 18.6 Å². The van der Waals surface area contributed by atoms with Crippen molar-refractivity contribution in [2.45, 2.75) is 45.1 Å². The van der Waals surface area contributed by atoms with Gasteiger partial charge in [0.1, 0.15) is 0 Å². The van der Waals surface area contributed by atoms with Gasteiger partial charge in [-0.15, -0.1) is 0 Å². The second-order valence-electron chi connectivity index (χ2n) is 6.03. The lowest BCUT2D eigenvalue weighted by atomic mass is 9.95. The minimum atomic E-state index is -0.403. The summed E-state index contributed by atoms with van der Waals surface area (Å²) in [6.45, 7) is 2.02. The Morgan fingerprint density at radius 2 is 1.95 bits per heavy atom. The van der Waals surface area contributed by atoms with Crippen LogP contribution >= 0.6 is 11.3 Å². The number of aryl methyl sites for hydroxylation is 1. The molecular weight excluding hydrogens is 298 g/mol. The maximum Gasteiger partial charge on any atom is 0.354 e. The molecule has 0 atom stereocenters. The maximum absolute atomic E-state index is 12.9. The second kappa shape index (κ2) is 5.05. The second-order valence-corrected chi connectivity index (χ2v) is 7.04. The molecule has 5 nitrogen and oxygen atoms in total. The average Bonchev–Trinajstić information content (AvgIpc) is 2.85. The molecule has 1 fully saturated rings. The molecule has 0 unspecified atom stereocenters. The molecule has 0 radical (unpaired) electrons. The zero-order valence-electron chi connectivity index (χ0n) is 12.4. The normalized spacial score (nSPS) is 16.6. The fourth-order valence-corrected chi connectivity index (χ4v) is 4.47. The van der Waals surface area contributed by atoms with Crippen molar-refractivity contribution in [3.63, 3.8) is 0 Å². The van der Waals surface area contributed by atoms with Crippen LogP contribution in [0.3, 0.4) is 0 Å². The monoisotopic (exact) mass is 315 g/mol. The van der Waals surface area contributed by atoms with Crippen LogP contribution in [0.5, 0.6) is 0 Å². The van der Waals surface area contributed by atoms with E-state index in [0.29, 0.717) is 4.96 Å². The molecule has 0 spiro atoms. The number of hydrogen-bond donors (Lipinski definition) is 0. The first kappa shape index (κ1) is 13.7. The van der Waals surface area contributed by atoms with Gasteiger partial charge in [0.05, 0.1) is 10.2 Å². The minimum absolute atomic E-state index is 0.00134. The predicted molar refractivity (Wildman–Crippen MR) is 88.0 cm³/mol. The molecule has 2 aromatic heterocycles. The van der Waals surface area contributed by atoms with Crippen molar-refractivity contribution in [2.75, 3.05) is 0 Å². The highest BCUT2D eigenvalue weighted by Gasteiger charge is 2.21. The summed E-state index contributed by atoms with van der Waals surface area (Å²) in [6.07, 6.45) is 5.11. The highest BCUT2D eigenvalue weighted by atomic mass is 32.1. The summed E-state index contributed by atoms with van der Waals surface area (Å²) < 4.78 is 3.96. The zero-order chi connectivity index (χ0) is 15.3. The Morgan fingerprint density at radius 1 is 1.18 bits per heavy atom. The van der Waals surface area contributed by atoms with Crippen LogP contribution in [0.15, 0.2) is 27.8 Å². The Kier molecular flexibility index (Phi) is 3.14. The molecule has 0 bridgehead atoms. The average molecular weight is 315 g/mol. The SMILES string of the molecule is Cc1ccc2c(c1)sc1nc(=O)n(C3CCCCC3)c(=O)n12. The van der Waals surface area contributed by atoms with Crippen LogP contribution in [-0.4, -0.2) is 14.0 Å². The third-order valence-electron chi connectivity index (χ3n) is 4.48. The van der Waals surface area contributed by atoms with Gasteiger partial charge in [0.15, 0.2) is 0 Å². The van der Waals surface area contributed by atoms with Crippen LogP contribution < -0.4 is 11.4 Å². The molecular formula is C16H17N3O2S. The number of thiazole rings is 1. The van der Waals surface area contributed by atoms with Gasteiger partial charge in [-0.3, -0.25) is 0 Å². The van der Waals surface area contributed by atoms with Gasteiger partial charge in [-0.05, 0) is 37.5 Å². The van der Waals surface area contributed by atoms with Gasteiger partial charge < -0.3 is 0 Å². The summed E-state index contributed by atoms with van der Waals surface area (Å²) in [6, 6.07) is 5.95. The molecule has 1 aliphatic rings. The first-order valence-electron chi connectivity index (χ1n) is 7.69. The Hall–Kier alpha value is -1.95. The van der Waals surface area contributed by atoms with Crippen LogP contribution in [-0.2, 0) is 0 Å². The van der Waals surface area contributed by atoms with E-state index in [-0.39, 0.29) is 11.7 Å². The molecule has 2 heterocycles. The van der Waals surface area contributed by atoms with E-state index in [1.165, 1.54) is 22.3 Å². The van der Waals surface area contributed by atoms with Crippen molar-refractivity contribution < 1.29 is 0 Å². The van der Waals surface area contributed by atoms with Gasteiger partial charge in [0, 0.05) is 6.04 Å². The lowest BCUT2D eigenvalue weighted by Gasteiger charge is -2.22. The van der Waals surface area contributed by atoms with Crippen LogP contribution in [0.2, 0.25) is 0 Å². The summed E-state index contributed by atoms with van der Waals surface area (Å²) in [4.78, 5) is 29.9. The van der Waals surface area contributed by atoms with E-state index < -0.39 is 5.69 Å². The molecule has 4 rings (SSSR count). The molecule has 114 valence electrons. The van der Waals surface area contributed by atoms with Crippen molar-refractivity contribution in [3.05, 3.63) is 44.7 Å². The quantitative estimate of drug-likeness (QED) is 0.694. The van der Waals surface area contributed by atoms with Gasteiger partial charge >= 0.3 is 11.4 Å². The van der Waals surface area contributed by atoms with Crippen LogP contribution in [0.4, 0.5) is 0 Å². The van der Waals surface area contributed by atoms with E-state index >= 15 is 0 Å². The van der Waals surface area contributed by atoms with Gasteiger partial charge in [0.25, 0.3) is 0 Å². The van der Waals surface area contributed by atoms with Gasteiger partial charge in [-0.2, -0.15) is 4.98 Å². The van der Waals surface area contributed by atoms with Gasteiger partial charge in [0.2, 0.25) is 4.96 Å². The van der Waals surface area contributed by atoms with E-state index in [1.54, 1.807) is 4.40 Å². The van der Waals surface area contributed by atoms with Crippen molar-refractivity contribution in [2.24, 2.45) is 0 Å². The number of fused-ring (bicyclic) bond motifs is 3. The Bertz CT molecular complexity index is 977. The smallest absolute Gasteiger partial charge is 0.247 e. The Morgan fingerprint density at radius 3 is 2.73 bits per heavy atom. The highest BCUT2D eigenvalue weighted by molar-refractivity contribution is 7.23. The lowest BCUT2D eigenvalue weighted by Crippen LogP contribution is -2.41. The molecule has 0 saturated heterocycles. The molecule has 3 aromatic rings. The third-order valence-corrected chi connectivity index (χ3v) is 5.49. The molecule has 1 saturated carbocycles. The first-order chi connectivity index (χ1) is 10.6. The summed E-state index contributed by atoms with van der Waals surface area (Å²) in [5.41, 5.74) is 1.33. The first-order valence-corrected chi connectivity index (χ1v) is 8.51. The Labute approximate surface area is 130 Å². The van der Waals surface area contributed by atoms with Crippen LogP contribution in [0.1, 0.15) is 43.7 Å². The third kappa shape index (κ3) is 2.01. The number of rotatable bonds is 1. The van der Waals surface area contributed by atoms with Crippen molar-refractivity contribution >= 4 is 26.5 Å². The van der Waals surface area contributed by atoms with E-state index in [4.69, 9.17) is 0 Å².